The maximum atomic E-state index is 4.18. The highest BCUT2D eigenvalue weighted by atomic mass is 15.3. The molecule has 4 heteroatoms. The topological polar surface area (TPSA) is 42.7 Å². The van der Waals surface area contributed by atoms with E-state index in [2.05, 4.69) is 34.5 Å². The Kier molecular flexibility index (Phi) is 2.55. The van der Waals surface area contributed by atoms with E-state index in [1.54, 1.807) is 17.3 Å². The van der Waals surface area contributed by atoms with Gasteiger partial charge < -0.3 is 5.32 Å². The summed E-state index contributed by atoms with van der Waals surface area (Å²) in [5.74, 6) is 0.832. The average Bonchev–Trinajstić information content (AvgIpc) is 3.06. The van der Waals surface area contributed by atoms with Crippen LogP contribution in [0.2, 0.25) is 0 Å². The minimum Gasteiger partial charge on any atom is -0.381 e. The molecular weight excluding hydrogens is 212 g/mol. The van der Waals surface area contributed by atoms with E-state index >= 15 is 0 Å². The van der Waals surface area contributed by atoms with E-state index in [4.69, 9.17) is 0 Å². The van der Waals surface area contributed by atoms with E-state index in [0.29, 0.717) is 6.04 Å². The van der Waals surface area contributed by atoms with Crippen molar-refractivity contribution in [1.82, 2.24) is 14.8 Å². The van der Waals surface area contributed by atoms with Gasteiger partial charge in [-0.05, 0) is 37.8 Å². The van der Waals surface area contributed by atoms with Gasteiger partial charge in [-0.3, -0.25) is 0 Å². The lowest BCUT2D eigenvalue weighted by Gasteiger charge is -2.17. The van der Waals surface area contributed by atoms with Crippen LogP contribution in [-0.4, -0.2) is 20.8 Å². The largest absolute Gasteiger partial charge is 0.381 e. The summed E-state index contributed by atoms with van der Waals surface area (Å²) in [5, 5.41) is 7.75. The third-order valence-electron chi connectivity index (χ3n) is 3.28. The number of nitrogens with one attached hydrogen (secondary N) is 1. The van der Waals surface area contributed by atoms with Crippen LogP contribution in [0.15, 0.2) is 36.9 Å². The molecule has 0 saturated heterocycles. The van der Waals surface area contributed by atoms with Crippen molar-refractivity contribution >= 4 is 5.69 Å². The highest BCUT2D eigenvalue weighted by Gasteiger charge is 2.28. The van der Waals surface area contributed by atoms with Crippen molar-refractivity contribution in [3.63, 3.8) is 0 Å². The van der Waals surface area contributed by atoms with Crippen LogP contribution >= 0.6 is 0 Å². The number of para-hydroxylation sites is 2. The Morgan fingerprint density at radius 3 is 2.88 bits per heavy atom. The van der Waals surface area contributed by atoms with Crippen LogP contribution in [0, 0.1) is 5.92 Å². The molecule has 1 atom stereocenters. The van der Waals surface area contributed by atoms with Crippen molar-refractivity contribution in [2.75, 3.05) is 5.32 Å². The molecule has 1 heterocycles. The Morgan fingerprint density at radius 1 is 1.35 bits per heavy atom. The molecule has 0 spiro atoms. The van der Waals surface area contributed by atoms with Gasteiger partial charge in [-0.15, -0.1) is 0 Å². The van der Waals surface area contributed by atoms with Gasteiger partial charge in [-0.25, -0.2) is 9.67 Å². The second-order valence-corrected chi connectivity index (χ2v) is 4.63. The predicted molar refractivity (Wildman–Crippen MR) is 67.2 cm³/mol. The van der Waals surface area contributed by atoms with Crippen molar-refractivity contribution in [3.05, 3.63) is 36.9 Å². The van der Waals surface area contributed by atoms with Crippen LogP contribution in [-0.2, 0) is 0 Å². The molecule has 1 aliphatic rings. The molecule has 2 aromatic rings. The molecule has 17 heavy (non-hydrogen) atoms. The summed E-state index contributed by atoms with van der Waals surface area (Å²) >= 11 is 0. The average molecular weight is 228 g/mol. The first-order chi connectivity index (χ1) is 8.34. The van der Waals surface area contributed by atoms with Gasteiger partial charge in [0.15, 0.2) is 0 Å². The lowest BCUT2D eigenvalue weighted by Crippen LogP contribution is -2.18. The van der Waals surface area contributed by atoms with Crippen molar-refractivity contribution in [2.45, 2.75) is 25.8 Å². The van der Waals surface area contributed by atoms with Gasteiger partial charge in [0.05, 0.1) is 11.4 Å². The summed E-state index contributed by atoms with van der Waals surface area (Å²) in [6.45, 7) is 2.25. The molecule has 0 bridgehead atoms. The molecule has 0 amide bonds. The molecule has 1 unspecified atom stereocenters. The lowest BCUT2D eigenvalue weighted by molar-refractivity contribution is 0.692. The van der Waals surface area contributed by atoms with Crippen molar-refractivity contribution in [1.29, 1.82) is 0 Å². The highest BCUT2D eigenvalue weighted by Crippen LogP contribution is 2.34. The second-order valence-electron chi connectivity index (χ2n) is 4.63. The number of hydrogen-bond acceptors (Lipinski definition) is 3. The fourth-order valence-electron chi connectivity index (χ4n) is 2.09. The first kappa shape index (κ1) is 10.3. The molecule has 4 nitrogen and oxygen atoms in total. The number of hydrogen-bond donors (Lipinski definition) is 1. The Balaban J connectivity index is 1.88. The minimum atomic E-state index is 0.527. The fourth-order valence-corrected chi connectivity index (χ4v) is 2.09. The zero-order valence-corrected chi connectivity index (χ0v) is 9.87. The third-order valence-corrected chi connectivity index (χ3v) is 3.28. The summed E-state index contributed by atoms with van der Waals surface area (Å²) in [4.78, 5) is 3.99. The van der Waals surface area contributed by atoms with Gasteiger partial charge in [0.1, 0.15) is 12.7 Å². The van der Waals surface area contributed by atoms with Gasteiger partial charge >= 0.3 is 0 Å². The van der Waals surface area contributed by atoms with Gasteiger partial charge in [0.2, 0.25) is 0 Å². The van der Waals surface area contributed by atoms with E-state index < -0.39 is 0 Å². The maximum absolute atomic E-state index is 4.18. The van der Waals surface area contributed by atoms with Crippen LogP contribution in [0.1, 0.15) is 19.8 Å². The zero-order valence-electron chi connectivity index (χ0n) is 9.87. The minimum absolute atomic E-state index is 0.527. The van der Waals surface area contributed by atoms with E-state index in [-0.39, 0.29) is 0 Å². The van der Waals surface area contributed by atoms with Crippen LogP contribution < -0.4 is 5.32 Å². The number of aromatic nitrogens is 3. The van der Waals surface area contributed by atoms with Crippen LogP contribution in [0.5, 0.6) is 0 Å². The van der Waals surface area contributed by atoms with Gasteiger partial charge in [0, 0.05) is 6.04 Å². The van der Waals surface area contributed by atoms with Crippen LogP contribution in [0.25, 0.3) is 5.69 Å². The summed E-state index contributed by atoms with van der Waals surface area (Å²) < 4.78 is 1.79. The molecule has 1 aromatic carbocycles. The third kappa shape index (κ3) is 2.16. The summed E-state index contributed by atoms with van der Waals surface area (Å²) in [6.07, 6.45) is 5.97. The number of nitrogens with zero attached hydrogens (tertiary/aromatic N) is 3. The van der Waals surface area contributed by atoms with Crippen molar-refractivity contribution < 1.29 is 0 Å². The van der Waals surface area contributed by atoms with Gasteiger partial charge in [-0.1, -0.05) is 12.1 Å². The first-order valence-electron chi connectivity index (χ1n) is 6.05. The number of anilines is 1. The fraction of sp³-hybridized carbons (Fsp3) is 0.385. The Labute approximate surface area is 101 Å². The lowest BCUT2D eigenvalue weighted by atomic mass is 10.2. The van der Waals surface area contributed by atoms with E-state index in [0.717, 1.165) is 17.3 Å². The molecule has 1 fully saturated rings. The normalized spacial score (nSPS) is 16.8. The quantitative estimate of drug-likeness (QED) is 0.874. The molecule has 88 valence electrons. The molecule has 0 aliphatic heterocycles. The Bertz CT molecular complexity index is 488. The molecule has 1 saturated carbocycles. The highest BCUT2D eigenvalue weighted by molar-refractivity contribution is 5.60. The predicted octanol–water partition coefficient (Wildman–Crippen LogP) is 2.48. The Morgan fingerprint density at radius 2 is 2.18 bits per heavy atom. The van der Waals surface area contributed by atoms with E-state index in [1.807, 2.05) is 12.1 Å². The van der Waals surface area contributed by atoms with Crippen LogP contribution in [0.3, 0.4) is 0 Å². The summed E-state index contributed by atoms with van der Waals surface area (Å²) in [5.41, 5.74) is 2.18. The maximum Gasteiger partial charge on any atom is 0.138 e. The standard InChI is InChI=1S/C13H16N4/c1-10(11-6-7-11)16-12-4-2-3-5-13(12)17-9-14-8-15-17/h2-5,8-11,16H,6-7H2,1H3. The monoisotopic (exact) mass is 228 g/mol. The molecule has 0 radical (unpaired) electrons. The molecular formula is C13H16N4. The summed E-state index contributed by atoms with van der Waals surface area (Å²) in [7, 11) is 0. The number of rotatable bonds is 4. The zero-order chi connectivity index (χ0) is 11.7. The smallest absolute Gasteiger partial charge is 0.138 e. The molecule has 1 aromatic heterocycles. The van der Waals surface area contributed by atoms with Gasteiger partial charge in [0.25, 0.3) is 0 Å². The summed E-state index contributed by atoms with van der Waals surface area (Å²) in [6, 6.07) is 8.73. The molecule has 1 N–H and O–H groups in total. The van der Waals surface area contributed by atoms with Gasteiger partial charge in [-0.2, -0.15) is 5.10 Å². The van der Waals surface area contributed by atoms with E-state index in [9.17, 15) is 0 Å². The molecule has 3 rings (SSSR count). The van der Waals surface area contributed by atoms with Crippen molar-refractivity contribution in [2.24, 2.45) is 5.92 Å². The molecule has 1 aliphatic carbocycles. The van der Waals surface area contributed by atoms with Crippen LogP contribution in [0.4, 0.5) is 5.69 Å². The van der Waals surface area contributed by atoms with E-state index in [1.165, 1.54) is 12.8 Å². The Hall–Kier alpha value is -1.84. The second kappa shape index (κ2) is 4.20. The first-order valence-corrected chi connectivity index (χ1v) is 6.05. The number of benzene rings is 1. The van der Waals surface area contributed by atoms with Crippen molar-refractivity contribution in [3.8, 4) is 5.69 Å². The SMILES string of the molecule is CC(Nc1ccccc1-n1cncn1)C1CC1.